The van der Waals surface area contributed by atoms with Crippen molar-refractivity contribution >= 4 is 0 Å². The first kappa shape index (κ1) is 13.2. The zero-order valence-electron chi connectivity index (χ0n) is 10.1. The van der Waals surface area contributed by atoms with Crippen LogP contribution in [-0.2, 0) is 9.47 Å². The minimum Gasteiger partial charge on any atom is -0.385 e. The number of methoxy groups -OCH3 is 1. The van der Waals surface area contributed by atoms with Gasteiger partial charge in [0.1, 0.15) is 6.26 Å². The number of nitrogens with zero attached hydrogens (tertiary/aromatic N) is 1. The summed E-state index contributed by atoms with van der Waals surface area (Å²) in [5, 5.41) is 3.92. The summed E-state index contributed by atoms with van der Waals surface area (Å²) < 4.78 is 15.2. The lowest BCUT2D eigenvalue weighted by molar-refractivity contribution is 0.0996. The summed E-state index contributed by atoms with van der Waals surface area (Å²) in [6.07, 6.45) is 4.72. The highest BCUT2D eigenvalue weighted by atomic mass is 16.5. The molecule has 1 aromatic rings. The molecule has 0 amide bonds. The third kappa shape index (κ3) is 5.28. The van der Waals surface area contributed by atoms with E-state index < -0.39 is 0 Å². The lowest BCUT2D eigenvalue weighted by Crippen LogP contribution is -2.02. The van der Waals surface area contributed by atoms with Gasteiger partial charge in [0, 0.05) is 38.9 Å². The zero-order valence-corrected chi connectivity index (χ0v) is 10.1. The van der Waals surface area contributed by atoms with Crippen LogP contribution in [0.25, 0.3) is 0 Å². The first-order valence-corrected chi connectivity index (χ1v) is 5.81. The number of hydrogen-bond donors (Lipinski definition) is 0. The molecule has 4 heteroatoms. The first-order valence-electron chi connectivity index (χ1n) is 5.81. The predicted molar refractivity (Wildman–Crippen MR) is 61.5 cm³/mol. The quantitative estimate of drug-likeness (QED) is 0.608. The molecule has 4 nitrogen and oxygen atoms in total. The highest BCUT2D eigenvalue weighted by Gasteiger charge is 2.07. The summed E-state index contributed by atoms with van der Waals surface area (Å²) in [6.45, 7) is 4.52. The van der Waals surface area contributed by atoms with Gasteiger partial charge in [0.2, 0.25) is 0 Å². The van der Waals surface area contributed by atoms with E-state index >= 15 is 0 Å². The Morgan fingerprint density at radius 1 is 1.31 bits per heavy atom. The zero-order chi connectivity index (χ0) is 11.6. The Morgan fingerprint density at radius 2 is 2.12 bits per heavy atom. The van der Waals surface area contributed by atoms with Gasteiger partial charge in [-0.2, -0.15) is 0 Å². The number of hydrogen-bond acceptors (Lipinski definition) is 4. The van der Waals surface area contributed by atoms with Crippen LogP contribution >= 0.6 is 0 Å². The van der Waals surface area contributed by atoms with Crippen molar-refractivity contribution in [1.82, 2.24) is 5.16 Å². The minimum atomic E-state index is 0.446. The number of rotatable bonds is 9. The normalized spacial score (nSPS) is 12.9. The van der Waals surface area contributed by atoms with Crippen molar-refractivity contribution in [2.24, 2.45) is 0 Å². The third-order valence-corrected chi connectivity index (χ3v) is 2.53. The number of ether oxygens (including phenoxy) is 2. The fourth-order valence-electron chi connectivity index (χ4n) is 1.52. The molecular weight excluding hydrogens is 206 g/mol. The maximum atomic E-state index is 5.48. The Bertz CT molecular complexity index is 249. The Balaban J connectivity index is 1.95. The smallest absolute Gasteiger partial charge is 0.124 e. The first-order chi connectivity index (χ1) is 7.84. The van der Waals surface area contributed by atoms with Crippen LogP contribution in [0.2, 0.25) is 0 Å². The van der Waals surface area contributed by atoms with Crippen LogP contribution in [0.1, 0.15) is 37.8 Å². The Labute approximate surface area is 96.9 Å². The molecule has 92 valence electrons. The van der Waals surface area contributed by atoms with Gasteiger partial charge in [-0.25, -0.2) is 0 Å². The van der Waals surface area contributed by atoms with Crippen molar-refractivity contribution in [1.29, 1.82) is 0 Å². The largest absolute Gasteiger partial charge is 0.385 e. The van der Waals surface area contributed by atoms with Crippen molar-refractivity contribution in [3.63, 3.8) is 0 Å². The lowest BCUT2D eigenvalue weighted by Gasteiger charge is -2.08. The lowest BCUT2D eigenvalue weighted by atomic mass is 10.0. The molecule has 0 aromatic carbocycles. The van der Waals surface area contributed by atoms with Gasteiger partial charge < -0.3 is 14.0 Å². The molecule has 1 atom stereocenters. The van der Waals surface area contributed by atoms with Crippen LogP contribution in [0, 0.1) is 0 Å². The molecule has 0 saturated carbocycles. The van der Waals surface area contributed by atoms with E-state index in [1.165, 1.54) is 0 Å². The van der Waals surface area contributed by atoms with E-state index in [0.717, 1.165) is 44.8 Å². The molecule has 0 spiro atoms. The van der Waals surface area contributed by atoms with Crippen molar-refractivity contribution in [2.75, 3.05) is 26.9 Å². The van der Waals surface area contributed by atoms with Gasteiger partial charge in [0.25, 0.3) is 0 Å². The summed E-state index contributed by atoms with van der Waals surface area (Å²) in [7, 11) is 1.71. The highest BCUT2D eigenvalue weighted by molar-refractivity contribution is 5.01. The second-order valence-electron chi connectivity index (χ2n) is 3.93. The maximum Gasteiger partial charge on any atom is 0.124 e. The van der Waals surface area contributed by atoms with E-state index in [1.54, 1.807) is 13.4 Å². The summed E-state index contributed by atoms with van der Waals surface area (Å²) in [4.78, 5) is 0. The predicted octanol–water partition coefficient (Wildman–Crippen LogP) is 2.61. The summed E-state index contributed by atoms with van der Waals surface area (Å²) in [5.74, 6) is 0.446. The monoisotopic (exact) mass is 227 g/mol. The van der Waals surface area contributed by atoms with Crippen LogP contribution < -0.4 is 0 Å². The molecule has 0 fully saturated rings. The molecule has 0 aliphatic heterocycles. The second-order valence-corrected chi connectivity index (χ2v) is 3.93. The van der Waals surface area contributed by atoms with E-state index in [9.17, 15) is 0 Å². The molecule has 1 heterocycles. The molecule has 0 aliphatic rings. The van der Waals surface area contributed by atoms with E-state index in [4.69, 9.17) is 14.0 Å². The Hall–Kier alpha value is -0.870. The van der Waals surface area contributed by atoms with E-state index in [-0.39, 0.29) is 0 Å². The minimum absolute atomic E-state index is 0.446. The van der Waals surface area contributed by atoms with Crippen molar-refractivity contribution in [3.8, 4) is 0 Å². The average molecular weight is 227 g/mol. The van der Waals surface area contributed by atoms with E-state index in [0.29, 0.717) is 5.92 Å². The molecule has 0 N–H and O–H groups in total. The fourth-order valence-corrected chi connectivity index (χ4v) is 1.52. The van der Waals surface area contributed by atoms with Crippen LogP contribution in [0.5, 0.6) is 0 Å². The molecule has 0 aliphatic carbocycles. The fraction of sp³-hybridized carbons (Fsp3) is 0.750. The van der Waals surface area contributed by atoms with Gasteiger partial charge in [-0.1, -0.05) is 12.1 Å². The molecule has 0 radical (unpaired) electrons. The van der Waals surface area contributed by atoms with Gasteiger partial charge in [-0.15, -0.1) is 0 Å². The maximum absolute atomic E-state index is 5.48. The topological polar surface area (TPSA) is 44.5 Å². The molecule has 1 unspecified atom stereocenters. The van der Waals surface area contributed by atoms with Gasteiger partial charge in [0.05, 0.1) is 5.69 Å². The van der Waals surface area contributed by atoms with Crippen molar-refractivity contribution < 1.29 is 14.0 Å². The third-order valence-electron chi connectivity index (χ3n) is 2.53. The van der Waals surface area contributed by atoms with Gasteiger partial charge in [0.15, 0.2) is 0 Å². The summed E-state index contributed by atoms with van der Waals surface area (Å²) in [6, 6.07) is 1.92. The van der Waals surface area contributed by atoms with Crippen molar-refractivity contribution in [3.05, 3.63) is 18.0 Å². The SMILES string of the molecule is COCCCOCCCC(C)c1ccon1. The average Bonchev–Trinajstić information content (AvgIpc) is 2.81. The van der Waals surface area contributed by atoms with Gasteiger partial charge in [-0.3, -0.25) is 0 Å². The van der Waals surface area contributed by atoms with Crippen molar-refractivity contribution in [2.45, 2.75) is 32.1 Å². The summed E-state index contributed by atoms with van der Waals surface area (Å²) in [5.41, 5.74) is 1.03. The Kier molecular flexibility index (Phi) is 6.85. The van der Waals surface area contributed by atoms with E-state index in [1.807, 2.05) is 6.07 Å². The second kappa shape index (κ2) is 8.30. The summed E-state index contributed by atoms with van der Waals surface area (Å²) >= 11 is 0. The van der Waals surface area contributed by atoms with E-state index in [2.05, 4.69) is 12.1 Å². The number of aromatic nitrogens is 1. The standard InChI is InChI=1S/C12H21NO3/c1-11(12-6-10-16-13-12)5-3-8-15-9-4-7-14-2/h6,10-11H,3-5,7-9H2,1-2H3. The molecule has 1 rings (SSSR count). The van der Waals surface area contributed by atoms with Gasteiger partial charge >= 0.3 is 0 Å². The molecule has 0 bridgehead atoms. The Morgan fingerprint density at radius 3 is 2.81 bits per heavy atom. The molecule has 16 heavy (non-hydrogen) atoms. The molecule has 0 saturated heterocycles. The molecular formula is C12H21NO3. The van der Waals surface area contributed by atoms with Crippen LogP contribution in [-0.4, -0.2) is 32.1 Å². The molecule has 1 aromatic heterocycles. The van der Waals surface area contributed by atoms with Crippen LogP contribution in [0.4, 0.5) is 0 Å². The van der Waals surface area contributed by atoms with Crippen LogP contribution in [0.15, 0.2) is 16.9 Å². The van der Waals surface area contributed by atoms with Crippen LogP contribution in [0.3, 0.4) is 0 Å². The highest BCUT2D eigenvalue weighted by Crippen LogP contribution is 2.18. The van der Waals surface area contributed by atoms with Gasteiger partial charge in [-0.05, 0) is 19.3 Å².